The molecule has 0 aliphatic rings. The fraction of sp³-hybridized carbons (Fsp3) is 0.200. The van der Waals surface area contributed by atoms with Gasteiger partial charge in [0.1, 0.15) is 4.60 Å². The number of aromatic hydroxyl groups is 1. The van der Waals surface area contributed by atoms with Crippen molar-refractivity contribution in [3.05, 3.63) is 58.8 Å². The van der Waals surface area contributed by atoms with Gasteiger partial charge in [0.15, 0.2) is 11.4 Å². The number of unbranched alkanes of at least 4 members (excludes halogenated alkanes) is 1. The molecule has 0 bridgehead atoms. The van der Waals surface area contributed by atoms with Crippen molar-refractivity contribution in [2.24, 2.45) is 0 Å². The summed E-state index contributed by atoms with van der Waals surface area (Å²) in [6, 6.07) is 12.5. The Hall–Kier alpha value is -2.45. The second-order valence-electron chi connectivity index (χ2n) is 6.08. The van der Waals surface area contributed by atoms with Crippen molar-refractivity contribution in [2.75, 3.05) is 6.61 Å². The Bertz CT molecular complexity index is 1130. The van der Waals surface area contributed by atoms with E-state index in [9.17, 15) is 18.3 Å². The third kappa shape index (κ3) is 3.74. The molecule has 0 radical (unpaired) electrons. The van der Waals surface area contributed by atoms with Gasteiger partial charge < -0.3 is 9.84 Å². The zero-order valence-corrected chi connectivity index (χ0v) is 17.5. The maximum Gasteiger partial charge on any atom is 0.360 e. The lowest BCUT2D eigenvalue weighted by Gasteiger charge is -2.13. The van der Waals surface area contributed by atoms with Crippen molar-refractivity contribution in [1.82, 2.24) is 4.98 Å². The van der Waals surface area contributed by atoms with Crippen LogP contribution in [0, 0.1) is 0 Å². The predicted octanol–water partition coefficient (Wildman–Crippen LogP) is 4.49. The van der Waals surface area contributed by atoms with E-state index in [0.29, 0.717) is 11.8 Å². The Morgan fingerprint density at radius 1 is 1.14 bits per heavy atom. The number of halogens is 1. The van der Waals surface area contributed by atoms with Gasteiger partial charge in [-0.25, -0.2) is 18.2 Å². The minimum atomic E-state index is -3.93. The molecule has 0 amide bonds. The Labute approximate surface area is 171 Å². The predicted molar refractivity (Wildman–Crippen MR) is 108 cm³/mol. The van der Waals surface area contributed by atoms with E-state index in [-0.39, 0.29) is 32.1 Å². The highest BCUT2D eigenvalue weighted by molar-refractivity contribution is 9.10. The normalized spacial score (nSPS) is 11.5. The van der Waals surface area contributed by atoms with Crippen LogP contribution in [0.15, 0.2) is 62.9 Å². The SMILES string of the molecule is CCCCOC(=O)c1nc(Br)c2cccc(S(=O)(=O)c3ccccc3)c2c1O. The molecule has 0 aliphatic carbocycles. The average Bonchev–Trinajstić information content (AvgIpc) is 2.71. The summed E-state index contributed by atoms with van der Waals surface area (Å²) in [5.41, 5.74) is -0.328. The number of nitrogens with zero attached hydrogens (tertiary/aromatic N) is 1. The van der Waals surface area contributed by atoms with E-state index in [1.54, 1.807) is 30.3 Å². The molecule has 0 fully saturated rings. The summed E-state index contributed by atoms with van der Waals surface area (Å²) in [6.45, 7) is 2.15. The highest BCUT2D eigenvalue weighted by atomic mass is 79.9. The molecule has 0 saturated heterocycles. The summed E-state index contributed by atoms with van der Waals surface area (Å²) in [5.74, 6) is -1.32. The maximum atomic E-state index is 13.1. The molecule has 0 saturated carbocycles. The number of hydrogen-bond acceptors (Lipinski definition) is 6. The third-order valence-corrected chi connectivity index (χ3v) is 6.60. The van der Waals surface area contributed by atoms with E-state index in [1.807, 2.05) is 6.92 Å². The standard InChI is InChI=1S/C20H18BrNO5S/c1-2-3-12-27-20(24)17-18(23)16-14(19(21)22-17)10-7-11-15(16)28(25,26)13-8-5-4-6-9-13/h4-11,23H,2-3,12H2,1H3. The van der Waals surface area contributed by atoms with Gasteiger partial charge >= 0.3 is 5.97 Å². The summed E-state index contributed by atoms with van der Waals surface area (Å²) >= 11 is 3.26. The smallest absolute Gasteiger partial charge is 0.360 e. The lowest BCUT2D eigenvalue weighted by Crippen LogP contribution is -2.10. The summed E-state index contributed by atoms with van der Waals surface area (Å²) in [4.78, 5) is 16.4. The summed E-state index contributed by atoms with van der Waals surface area (Å²) in [7, 11) is -3.93. The van der Waals surface area contributed by atoms with Crippen LogP contribution in [0.3, 0.4) is 0 Å². The molecule has 0 aliphatic heterocycles. The molecule has 2 aromatic carbocycles. The van der Waals surface area contributed by atoms with Crippen molar-refractivity contribution in [2.45, 2.75) is 29.6 Å². The van der Waals surface area contributed by atoms with Gasteiger partial charge in [-0.2, -0.15) is 0 Å². The van der Waals surface area contributed by atoms with E-state index < -0.39 is 21.6 Å². The fourth-order valence-corrected chi connectivity index (χ4v) is 4.76. The van der Waals surface area contributed by atoms with Gasteiger partial charge in [-0.05, 0) is 40.5 Å². The first-order valence-corrected chi connectivity index (χ1v) is 10.9. The second-order valence-corrected chi connectivity index (χ2v) is 8.75. The highest BCUT2D eigenvalue weighted by Gasteiger charge is 2.27. The number of ether oxygens (including phenoxy) is 1. The van der Waals surface area contributed by atoms with Crippen LogP contribution in [-0.4, -0.2) is 31.1 Å². The van der Waals surface area contributed by atoms with Gasteiger partial charge in [-0.15, -0.1) is 0 Å². The van der Waals surface area contributed by atoms with Crippen LogP contribution < -0.4 is 0 Å². The lowest BCUT2D eigenvalue weighted by atomic mass is 10.1. The van der Waals surface area contributed by atoms with Crippen molar-refractivity contribution >= 4 is 42.5 Å². The summed E-state index contributed by atoms with van der Waals surface area (Å²) < 4.78 is 31.7. The van der Waals surface area contributed by atoms with E-state index in [0.717, 1.165) is 6.42 Å². The number of rotatable bonds is 6. The molecule has 0 spiro atoms. The summed E-state index contributed by atoms with van der Waals surface area (Å²) in [5, 5.41) is 11.1. The molecule has 1 N–H and O–H groups in total. The number of esters is 1. The minimum absolute atomic E-state index is 0.0238. The molecule has 1 heterocycles. The quantitative estimate of drug-likeness (QED) is 0.328. The van der Waals surface area contributed by atoms with Crippen LogP contribution in [0.1, 0.15) is 30.3 Å². The van der Waals surface area contributed by atoms with Crippen LogP contribution in [0.5, 0.6) is 5.75 Å². The first-order chi connectivity index (χ1) is 13.4. The van der Waals surface area contributed by atoms with Gasteiger partial charge in [-0.1, -0.05) is 43.7 Å². The molecular formula is C20H18BrNO5S. The van der Waals surface area contributed by atoms with E-state index in [1.165, 1.54) is 18.2 Å². The maximum absolute atomic E-state index is 13.1. The van der Waals surface area contributed by atoms with Crippen molar-refractivity contribution < 1.29 is 23.1 Å². The number of fused-ring (bicyclic) bond motifs is 1. The Morgan fingerprint density at radius 3 is 2.54 bits per heavy atom. The van der Waals surface area contributed by atoms with Gasteiger partial charge in [0.05, 0.1) is 16.4 Å². The van der Waals surface area contributed by atoms with Gasteiger partial charge in [0.2, 0.25) is 9.84 Å². The molecule has 0 unspecified atom stereocenters. The van der Waals surface area contributed by atoms with Crippen LogP contribution in [0.2, 0.25) is 0 Å². The molecule has 8 heteroatoms. The molecular weight excluding hydrogens is 446 g/mol. The van der Waals surface area contributed by atoms with Gasteiger partial charge in [0.25, 0.3) is 0 Å². The first-order valence-electron chi connectivity index (χ1n) is 8.66. The van der Waals surface area contributed by atoms with Gasteiger partial charge in [-0.3, -0.25) is 0 Å². The summed E-state index contributed by atoms with van der Waals surface area (Å²) in [6.07, 6.45) is 1.52. The third-order valence-electron chi connectivity index (χ3n) is 4.19. The number of pyridine rings is 1. The van der Waals surface area contributed by atoms with Crippen LogP contribution in [-0.2, 0) is 14.6 Å². The second kappa shape index (κ2) is 8.28. The number of benzene rings is 2. The number of carbonyl (C=O) groups excluding carboxylic acids is 1. The number of carbonyl (C=O) groups is 1. The number of hydrogen-bond donors (Lipinski definition) is 1. The Kier molecular flexibility index (Phi) is 6.00. The Morgan fingerprint density at radius 2 is 1.86 bits per heavy atom. The molecule has 3 rings (SSSR count). The molecule has 3 aromatic rings. The van der Waals surface area contributed by atoms with E-state index >= 15 is 0 Å². The van der Waals surface area contributed by atoms with Crippen LogP contribution in [0.4, 0.5) is 0 Å². The number of aromatic nitrogens is 1. The molecule has 0 atom stereocenters. The Balaban J connectivity index is 2.22. The van der Waals surface area contributed by atoms with Crippen molar-refractivity contribution in [1.29, 1.82) is 0 Å². The largest absolute Gasteiger partial charge is 0.505 e. The van der Waals surface area contributed by atoms with Crippen molar-refractivity contribution in [3.8, 4) is 5.75 Å². The first kappa shape index (κ1) is 20.3. The van der Waals surface area contributed by atoms with Crippen LogP contribution in [0.25, 0.3) is 10.8 Å². The van der Waals surface area contributed by atoms with Gasteiger partial charge in [0, 0.05) is 10.8 Å². The topological polar surface area (TPSA) is 93.6 Å². The van der Waals surface area contributed by atoms with E-state index in [2.05, 4.69) is 20.9 Å². The highest BCUT2D eigenvalue weighted by Crippen LogP contribution is 2.38. The molecule has 28 heavy (non-hydrogen) atoms. The average molecular weight is 464 g/mol. The monoisotopic (exact) mass is 463 g/mol. The zero-order valence-electron chi connectivity index (χ0n) is 15.1. The fourth-order valence-electron chi connectivity index (χ4n) is 2.75. The molecule has 1 aromatic heterocycles. The lowest BCUT2D eigenvalue weighted by molar-refractivity contribution is 0.0489. The zero-order chi connectivity index (χ0) is 20.3. The van der Waals surface area contributed by atoms with E-state index in [4.69, 9.17) is 4.74 Å². The molecule has 6 nitrogen and oxygen atoms in total. The molecule has 146 valence electrons. The minimum Gasteiger partial charge on any atom is -0.505 e. The van der Waals surface area contributed by atoms with Crippen molar-refractivity contribution in [3.63, 3.8) is 0 Å². The number of sulfone groups is 1. The van der Waals surface area contributed by atoms with Crippen LogP contribution >= 0.6 is 15.9 Å².